The van der Waals surface area contributed by atoms with Gasteiger partial charge in [-0.25, -0.2) is 0 Å². The minimum absolute atomic E-state index is 0.116. The monoisotopic (exact) mass is 248 g/mol. The van der Waals surface area contributed by atoms with Gasteiger partial charge in [-0.15, -0.1) is 0 Å². The molecule has 1 aliphatic rings. The average Bonchev–Trinajstić information content (AvgIpc) is 2.47. The van der Waals surface area contributed by atoms with E-state index in [4.69, 9.17) is 0 Å². The molecule has 100 valence electrons. The molecule has 0 amide bonds. The lowest BCUT2D eigenvalue weighted by atomic mass is 9.97. The van der Waals surface area contributed by atoms with Gasteiger partial charge in [-0.3, -0.25) is 0 Å². The highest BCUT2D eigenvalue weighted by Crippen LogP contribution is 2.28. The lowest BCUT2D eigenvalue weighted by Crippen LogP contribution is -2.47. The van der Waals surface area contributed by atoms with Crippen molar-refractivity contribution in [1.29, 1.82) is 0 Å². The minimum atomic E-state index is 0.116. The number of hydrogen-bond acceptors (Lipinski definition) is 3. The third-order valence-electron chi connectivity index (χ3n) is 3.84. The van der Waals surface area contributed by atoms with Crippen LogP contribution in [0.2, 0.25) is 0 Å². The van der Waals surface area contributed by atoms with Gasteiger partial charge in [0.05, 0.1) is 6.61 Å². The van der Waals surface area contributed by atoms with Crippen LogP contribution in [0.25, 0.3) is 0 Å². The predicted molar refractivity (Wildman–Crippen MR) is 76.1 cm³/mol. The molecule has 1 heterocycles. The Balaban J connectivity index is 2.30. The van der Waals surface area contributed by atoms with Crippen LogP contribution in [0, 0.1) is 6.92 Å². The molecule has 0 spiro atoms. The van der Waals surface area contributed by atoms with Gasteiger partial charge in [0.25, 0.3) is 0 Å². The van der Waals surface area contributed by atoms with Gasteiger partial charge in [0.2, 0.25) is 0 Å². The van der Waals surface area contributed by atoms with Crippen LogP contribution in [0.15, 0.2) is 24.3 Å². The summed E-state index contributed by atoms with van der Waals surface area (Å²) in [6.07, 6.45) is 1.08. The molecule has 2 rings (SSSR count). The van der Waals surface area contributed by atoms with E-state index in [2.05, 4.69) is 55.3 Å². The predicted octanol–water partition coefficient (Wildman–Crippen LogP) is 1.93. The molecule has 0 radical (unpaired) electrons. The molecule has 0 bridgehead atoms. The molecule has 2 N–H and O–H groups in total. The van der Waals surface area contributed by atoms with Gasteiger partial charge in [-0.2, -0.15) is 0 Å². The smallest absolute Gasteiger partial charge is 0.0601 e. The second-order valence-corrected chi connectivity index (χ2v) is 5.85. The lowest BCUT2D eigenvalue weighted by molar-refractivity contribution is 0.248. The first-order valence-electron chi connectivity index (χ1n) is 6.71. The van der Waals surface area contributed by atoms with Gasteiger partial charge in [0.1, 0.15) is 0 Å². The first-order chi connectivity index (χ1) is 8.53. The largest absolute Gasteiger partial charge is 0.395 e. The van der Waals surface area contributed by atoms with Crippen molar-refractivity contribution >= 4 is 5.69 Å². The van der Waals surface area contributed by atoms with Crippen molar-refractivity contribution in [2.24, 2.45) is 0 Å². The third-order valence-corrected chi connectivity index (χ3v) is 3.84. The fourth-order valence-electron chi connectivity index (χ4n) is 2.62. The van der Waals surface area contributed by atoms with E-state index in [1.54, 1.807) is 0 Å². The zero-order valence-electron chi connectivity index (χ0n) is 11.6. The molecule has 18 heavy (non-hydrogen) atoms. The fourth-order valence-corrected chi connectivity index (χ4v) is 2.62. The maximum absolute atomic E-state index is 9.42. The fraction of sp³-hybridized carbons (Fsp3) is 0.600. The van der Waals surface area contributed by atoms with Crippen LogP contribution in [-0.2, 0) is 0 Å². The summed E-state index contributed by atoms with van der Waals surface area (Å²) in [5.41, 5.74) is 2.65. The molecule has 1 aromatic carbocycles. The van der Waals surface area contributed by atoms with Crippen molar-refractivity contribution < 1.29 is 5.11 Å². The van der Waals surface area contributed by atoms with Crippen molar-refractivity contribution in [2.45, 2.75) is 38.8 Å². The zero-order valence-corrected chi connectivity index (χ0v) is 11.6. The van der Waals surface area contributed by atoms with Gasteiger partial charge in [0, 0.05) is 23.8 Å². The summed E-state index contributed by atoms with van der Waals surface area (Å²) >= 11 is 0. The Hall–Kier alpha value is -1.06. The highest BCUT2D eigenvalue weighted by molar-refractivity contribution is 5.51. The SMILES string of the molecule is Cc1cccc(N2CC(CO)NCCC2(C)C)c1. The highest BCUT2D eigenvalue weighted by Gasteiger charge is 2.31. The summed E-state index contributed by atoms with van der Waals surface area (Å²) in [6, 6.07) is 8.77. The van der Waals surface area contributed by atoms with E-state index in [0.717, 1.165) is 19.5 Å². The van der Waals surface area contributed by atoms with Gasteiger partial charge in [-0.1, -0.05) is 12.1 Å². The topological polar surface area (TPSA) is 35.5 Å². The molecular formula is C15H24N2O. The van der Waals surface area contributed by atoms with E-state index in [1.165, 1.54) is 11.3 Å². The Morgan fingerprint density at radius 2 is 2.22 bits per heavy atom. The van der Waals surface area contributed by atoms with E-state index in [0.29, 0.717) is 0 Å². The molecule has 3 heteroatoms. The standard InChI is InChI=1S/C15H24N2O/c1-12-5-4-6-14(9-12)17-10-13(11-18)16-8-7-15(17,2)3/h4-6,9,13,16,18H,7-8,10-11H2,1-3H3. The van der Waals surface area contributed by atoms with Crippen molar-refractivity contribution in [2.75, 3.05) is 24.6 Å². The molecule has 1 atom stereocenters. The second kappa shape index (κ2) is 5.29. The van der Waals surface area contributed by atoms with E-state index >= 15 is 0 Å². The summed E-state index contributed by atoms with van der Waals surface area (Å²) in [4.78, 5) is 2.42. The van der Waals surface area contributed by atoms with E-state index in [-0.39, 0.29) is 18.2 Å². The third kappa shape index (κ3) is 2.85. The van der Waals surface area contributed by atoms with Crippen molar-refractivity contribution in [1.82, 2.24) is 5.32 Å². The van der Waals surface area contributed by atoms with E-state index in [1.807, 2.05) is 0 Å². The van der Waals surface area contributed by atoms with Crippen LogP contribution >= 0.6 is 0 Å². The summed E-state index contributed by atoms with van der Waals surface area (Å²) in [7, 11) is 0. The van der Waals surface area contributed by atoms with Crippen LogP contribution in [0.3, 0.4) is 0 Å². The average molecular weight is 248 g/mol. The maximum atomic E-state index is 9.42. The molecule has 0 saturated carbocycles. The number of benzene rings is 1. The number of aliphatic hydroxyl groups excluding tert-OH is 1. The molecule has 1 aliphatic heterocycles. The Morgan fingerprint density at radius 3 is 2.89 bits per heavy atom. The molecular weight excluding hydrogens is 224 g/mol. The molecule has 0 aliphatic carbocycles. The summed E-state index contributed by atoms with van der Waals surface area (Å²) in [5, 5.41) is 12.8. The lowest BCUT2D eigenvalue weighted by Gasteiger charge is -2.40. The Kier molecular flexibility index (Phi) is 3.93. The number of aliphatic hydroxyl groups is 1. The van der Waals surface area contributed by atoms with Crippen molar-refractivity contribution in [3.8, 4) is 0 Å². The van der Waals surface area contributed by atoms with Crippen LogP contribution in [-0.4, -0.2) is 36.4 Å². The summed E-state index contributed by atoms with van der Waals surface area (Å²) < 4.78 is 0. The molecule has 1 unspecified atom stereocenters. The highest BCUT2D eigenvalue weighted by atomic mass is 16.3. The van der Waals surface area contributed by atoms with E-state index < -0.39 is 0 Å². The second-order valence-electron chi connectivity index (χ2n) is 5.85. The number of hydrogen-bond donors (Lipinski definition) is 2. The van der Waals surface area contributed by atoms with Crippen LogP contribution in [0.5, 0.6) is 0 Å². The number of nitrogens with zero attached hydrogens (tertiary/aromatic N) is 1. The van der Waals surface area contributed by atoms with Crippen LogP contribution < -0.4 is 10.2 Å². The Labute approximate surface area is 110 Å². The Morgan fingerprint density at radius 1 is 1.44 bits per heavy atom. The van der Waals surface area contributed by atoms with Gasteiger partial charge < -0.3 is 15.3 Å². The first kappa shape index (κ1) is 13.4. The van der Waals surface area contributed by atoms with Gasteiger partial charge in [-0.05, 0) is 51.4 Å². The van der Waals surface area contributed by atoms with Crippen LogP contribution in [0.1, 0.15) is 25.8 Å². The Bertz CT molecular complexity index is 403. The van der Waals surface area contributed by atoms with Gasteiger partial charge >= 0.3 is 0 Å². The number of rotatable bonds is 2. The quantitative estimate of drug-likeness (QED) is 0.839. The zero-order chi connectivity index (χ0) is 13.2. The van der Waals surface area contributed by atoms with Crippen LogP contribution in [0.4, 0.5) is 5.69 Å². The maximum Gasteiger partial charge on any atom is 0.0601 e. The minimum Gasteiger partial charge on any atom is -0.395 e. The molecule has 0 aromatic heterocycles. The van der Waals surface area contributed by atoms with Crippen molar-refractivity contribution in [3.05, 3.63) is 29.8 Å². The molecule has 1 fully saturated rings. The molecule has 1 saturated heterocycles. The number of aryl methyl sites for hydroxylation is 1. The van der Waals surface area contributed by atoms with E-state index in [9.17, 15) is 5.11 Å². The first-order valence-corrected chi connectivity index (χ1v) is 6.71. The van der Waals surface area contributed by atoms with Crippen molar-refractivity contribution in [3.63, 3.8) is 0 Å². The normalized spacial score (nSPS) is 23.8. The molecule has 1 aromatic rings. The summed E-state index contributed by atoms with van der Waals surface area (Å²) in [6.45, 7) is 8.68. The summed E-state index contributed by atoms with van der Waals surface area (Å²) in [5.74, 6) is 0. The number of nitrogens with one attached hydrogen (secondary N) is 1. The molecule has 3 nitrogen and oxygen atoms in total. The number of anilines is 1. The van der Waals surface area contributed by atoms with Gasteiger partial charge in [0.15, 0.2) is 0 Å².